The average molecular weight is 271 g/mol. The van der Waals surface area contributed by atoms with Crippen LogP contribution >= 0.6 is 11.6 Å². The highest BCUT2D eigenvalue weighted by Gasteiger charge is 2.62. The highest BCUT2D eigenvalue weighted by molar-refractivity contribution is 6.30. The lowest BCUT2D eigenvalue weighted by molar-refractivity contribution is -0.145. The largest absolute Gasteiger partial charge is 0.466 e. The van der Waals surface area contributed by atoms with Gasteiger partial charge in [0.2, 0.25) is 0 Å². The molecule has 1 fully saturated rings. The van der Waals surface area contributed by atoms with Crippen LogP contribution in [0, 0.1) is 17.3 Å². The second-order valence-electron chi connectivity index (χ2n) is 4.59. The molecule has 1 aliphatic rings. The molecule has 0 N–H and O–H groups in total. The minimum Gasteiger partial charge on any atom is -0.466 e. The molecule has 0 aliphatic heterocycles. The number of hydrogen-bond donors (Lipinski definition) is 0. The Morgan fingerprint density at radius 1 is 1.47 bits per heavy atom. The molecule has 0 aromatic heterocycles. The van der Waals surface area contributed by atoms with Crippen molar-refractivity contribution in [3.8, 4) is 0 Å². The van der Waals surface area contributed by atoms with E-state index >= 15 is 0 Å². The first-order chi connectivity index (χ1) is 7.62. The van der Waals surface area contributed by atoms with Gasteiger partial charge in [-0.3, -0.25) is 4.79 Å². The molecule has 0 saturated heterocycles. The lowest BCUT2D eigenvalue weighted by Gasteiger charge is -2.04. The van der Waals surface area contributed by atoms with Crippen LogP contribution in [0.2, 0.25) is 0 Å². The number of ether oxygens (including phenoxy) is 1. The predicted octanol–water partition coefficient (Wildman–Crippen LogP) is 3.51. The minimum atomic E-state index is -4.56. The van der Waals surface area contributed by atoms with Gasteiger partial charge in [-0.2, -0.15) is 13.2 Å². The fourth-order valence-electron chi connectivity index (χ4n) is 1.92. The zero-order valence-electron chi connectivity index (χ0n) is 9.77. The second-order valence-corrected chi connectivity index (χ2v) is 5.00. The summed E-state index contributed by atoms with van der Waals surface area (Å²) in [5.74, 6) is -1.53. The quantitative estimate of drug-likeness (QED) is 0.734. The van der Waals surface area contributed by atoms with Gasteiger partial charge in [0.05, 0.1) is 12.5 Å². The monoisotopic (exact) mass is 270 g/mol. The fourth-order valence-corrected chi connectivity index (χ4v) is 2.06. The molecule has 6 heteroatoms. The molecule has 0 amide bonds. The summed E-state index contributed by atoms with van der Waals surface area (Å²) in [4.78, 5) is 11.5. The maximum absolute atomic E-state index is 12.2. The van der Waals surface area contributed by atoms with Crippen molar-refractivity contribution in [3.05, 3.63) is 11.1 Å². The van der Waals surface area contributed by atoms with E-state index in [2.05, 4.69) is 0 Å². The Morgan fingerprint density at radius 2 is 2.00 bits per heavy atom. The van der Waals surface area contributed by atoms with Crippen molar-refractivity contribution in [3.63, 3.8) is 0 Å². The lowest BCUT2D eigenvalue weighted by Crippen LogP contribution is -2.10. The Labute approximate surface area is 103 Å². The summed E-state index contributed by atoms with van der Waals surface area (Å²) >= 11 is 5.15. The molecule has 0 radical (unpaired) electrons. The van der Waals surface area contributed by atoms with E-state index in [-0.39, 0.29) is 6.61 Å². The molecule has 1 rings (SSSR count). The van der Waals surface area contributed by atoms with E-state index in [1.54, 1.807) is 20.8 Å². The van der Waals surface area contributed by atoms with Crippen LogP contribution in [0.3, 0.4) is 0 Å². The van der Waals surface area contributed by atoms with E-state index in [1.165, 1.54) is 0 Å². The second kappa shape index (κ2) is 4.52. The van der Waals surface area contributed by atoms with E-state index < -0.39 is 34.4 Å². The molecule has 1 saturated carbocycles. The molecule has 0 heterocycles. The van der Waals surface area contributed by atoms with Crippen LogP contribution in [0.15, 0.2) is 11.1 Å². The van der Waals surface area contributed by atoms with Crippen LogP contribution in [0.5, 0.6) is 0 Å². The minimum absolute atomic E-state index is 0.217. The van der Waals surface area contributed by atoms with E-state index in [1.807, 2.05) is 0 Å². The number of esters is 1. The number of alkyl halides is 3. The van der Waals surface area contributed by atoms with Crippen LogP contribution in [0.25, 0.3) is 0 Å². The maximum Gasteiger partial charge on any atom is 0.426 e. The third-order valence-electron chi connectivity index (χ3n) is 3.05. The molecule has 0 aromatic rings. The molecule has 0 aromatic carbocycles. The summed E-state index contributed by atoms with van der Waals surface area (Å²) in [6.45, 7) is 5.31. The Hall–Kier alpha value is -0.710. The average Bonchev–Trinajstić information content (AvgIpc) is 2.67. The molecule has 1 aliphatic carbocycles. The standard InChI is InChI=1S/C11H14ClF3O2/c1-4-17-9(16)8-6(10(8,2)3)5-7(12)11(13,14)15/h5-6,8H,4H2,1-3H3/t6-,8+/m0/s1. The molecule has 0 spiro atoms. The SMILES string of the molecule is CCOC(=O)[C@H]1[C@H](C=C(Cl)C(F)(F)F)C1(C)C. The molecule has 0 bridgehead atoms. The van der Waals surface area contributed by atoms with Crippen LogP contribution < -0.4 is 0 Å². The molecule has 0 unspecified atom stereocenters. The van der Waals surface area contributed by atoms with Gasteiger partial charge < -0.3 is 4.74 Å². The molecule has 17 heavy (non-hydrogen) atoms. The van der Waals surface area contributed by atoms with Crippen molar-refractivity contribution in [2.45, 2.75) is 26.9 Å². The molecule has 98 valence electrons. The van der Waals surface area contributed by atoms with Gasteiger partial charge in [0.15, 0.2) is 0 Å². The van der Waals surface area contributed by atoms with Gasteiger partial charge in [-0.05, 0) is 18.3 Å². The normalized spacial score (nSPS) is 27.8. The van der Waals surface area contributed by atoms with E-state index in [0.717, 1.165) is 6.08 Å². The summed E-state index contributed by atoms with van der Waals surface area (Å²) in [5.41, 5.74) is -0.530. The van der Waals surface area contributed by atoms with E-state index in [9.17, 15) is 18.0 Å². The molecule has 2 nitrogen and oxygen atoms in total. The summed E-state index contributed by atoms with van der Waals surface area (Å²) < 4.78 is 41.6. The van der Waals surface area contributed by atoms with Gasteiger partial charge in [-0.15, -0.1) is 0 Å². The lowest BCUT2D eigenvalue weighted by atomic mass is 10.1. The summed E-state index contributed by atoms with van der Waals surface area (Å²) in [5, 5.41) is -1.18. The first-order valence-corrected chi connectivity index (χ1v) is 5.61. The number of hydrogen-bond acceptors (Lipinski definition) is 2. The van der Waals surface area contributed by atoms with Crippen molar-refractivity contribution < 1.29 is 22.7 Å². The first-order valence-electron chi connectivity index (χ1n) is 5.23. The Morgan fingerprint density at radius 3 is 2.41 bits per heavy atom. The number of rotatable bonds is 3. The third kappa shape index (κ3) is 2.94. The number of carbonyl (C=O) groups is 1. The number of carbonyl (C=O) groups excluding carboxylic acids is 1. The number of halogens is 4. The van der Waals surface area contributed by atoms with Gasteiger partial charge in [0.1, 0.15) is 5.03 Å². The zero-order valence-corrected chi connectivity index (χ0v) is 10.5. The zero-order chi connectivity index (χ0) is 13.4. The highest BCUT2D eigenvalue weighted by Crippen LogP contribution is 2.60. The van der Waals surface area contributed by atoms with Crippen molar-refractivity contribution in [2.75, 3.05) is 6.61 Å². The maximum atomic E-state index is 12.2. The third-order valence-corrected chi connectivity index (χ3v) is 3.39. The van der Waals surface area contributed by atoms with Crippen LogP contribution in [0.4, 0.5) is 13.2 Å². The van der Waals surface area contributed by atoms with Crippen LogP contribution in [-0.2, 0) is 9.53 Å². The predicted molar refractivity (Wildman–Crippen MR) is 57.4 cm³/mol. The Kier molecular flexibility index (Phi) is 3.81. The Balaban J connectivity index is 2.79. The Bertz CT molecular complexity index is 347. The van der Waals surface area contributed by atoms with Gasteiger partial charge in [-0.25, -0.2) is 0 Å². The van der Waals surface area contributed by atoms with Crippen molar-refractivity contribution in [2.24, 2.45) is 17.3 Å². The van der Waals surface area contributed by atoms with Crippen LogP contribution in [0.1, 0.15) is 20.8 Å². The summed E-state index contributed by atoms with van der Waals surface area (Å²) in [6.07, 6.45) is -3.65. The van der Waals surface area contributed by atoms with Gasteiger partial charge in [0, 0.05) is 0 Å². The number of allylic oxidation sites excluding steroid dienone is 2. The van der Waals surface area contributed by atoms with Crippen LogP contribution in [-0.4, -0.2) is 18.8 Å². The van der Waals surface area contributed by atoms with Crippen molar-refractivity contribution in [1.82, 2.24) is 0 Å². The summed E-state index contributed by atoms with van der Waals surface area (Å²) in [6, 6.07) is 0. The van der Waals surface area contributed by atoms with Crippen molar-refractivity contribution in [1.29, 1.82) is 0 Å². The van der Waals surface area contributed by atoms with Gasteiger partial charge in [0.25, 0.3) is 0 Å². The van der Waals surface area contributed by atoms with Gasteiger partial charge >= 0.3 is 12.1 Å². The molecule has 2 atom stereocenters. The van der Waals surface area contributed by atoms with E-state index in [0.29, 0.717) is 0 Å². The molecular weight excluding hydrogens is 257 g/mol. The van der Waals surface area contributed by atoms with E-state index in [4.69, 9.17) is 16.3 Å². The van der Waals surface area contributed by atoms with Crippen molar-refractivity contribution >= 4 is 17.6 Å². The topological polar surface area (TPSA) is 26.3 Å². The highest BCUT2D eigenvalue weighted by atomic mass is 35.5. The van der Waals surface area contributed by atoms with Gasteiger partial charge in [-0.1, -0.05) is 31.5 Å². The smallest absolute Gasteiger partial charge is 0.426 e. The fraction of sp³-hybridized carbons (Fsp3) is 0.727. The molecular formula is C11H14ClF3O2. The summed E-state index contributed by atoms with van der Waals surface area (Å²) in [7, 11) is 0. The first kappa shape index (κ1) is 14.4.